The Hall–Kier alpha value is -3.30. The average molecular weight is 371 g/mol. The summed E-state index contributed by atoms with van der Waals surface area (Å²) in [5, 5.41) is 2.27. The molecule has 0 unspecified atom stereocenters. The van der Waals surface area contributed by atoms with Crippen LogP contribution >= 0.6 is 0 Å². The van der Waals surface area contributed by atoms with Crippen LogP contribution in [0.1, 0.15) is 15.9 Å². The van der Waals surface area contributed by atoms with E-state index in [1.807, 2.05) is 5.43 Å². The quantitative estimate of drug-likeness (QED) is 0.571. The Bertz CT molecular complexity index is 779. The Labute approximate surface area is 145 Å². The summed E-state index contributed by atoms with van der Waals surface area (Å²) < 4.78 is 53.6. The number of carbonyl (C=O) groups is 2. The first kappa shape index (κ1) is 19.0. The van der Waals surface area contributed by atoms with Crippen LogP contribution in [-0.2, 0) is 6.54 Å². The molecule has 0 aliphatic carbocycles. The molecule has 0 saturated carbocycles. The molecule has 2 aromatic rings. The number of hydrogen-bond acceptors (Lipinski definition) is 3. The summed E-state index contributed by atoms with van der Waals surface area (Å²) in [5.41, 5.74) is 4.29. The second kappa shape index (κ2) is 8.19. The lowest BCUT2D eigenvalue weighted by Crippen LogP contribution is -2.46. The number of para-hydroxylation sites is 1. The molecule has 6 nitrogen and oxygen atoms in total. The zero-order chi connectivity index (χ0) is 19.2. The van der Waals surface area contributed by atoms with Crippen molar-refractivity contribution in [2.24, 2.45) is 0 Å². The normalized spacial score (nSPS) is 10.8. The fraction of sp³-hybridized carbons (Fsp3) is 0.125. The number of carbonyl (C=O) groups excluding carboxylic acids is 2. The number of hydrazine groups is 1. The smallest absolute Gasteiger partial charge is 0.405 e. The monoisotopic (exact) mass is 371 g/mol. The van der Waals surface area contributed by atoms with E-state index in [1.54, 1.807) is 0 Å². The molecule has 26 heavy (non-hydrogen) atoms. The van der Waals surface area contributed by atoms with Crippen LogP contribution in [0.25, 0.3) is 0 Å². The number of hydrogen-bond donors (Lipinski definition) is 3. The predicted octanol–water partition coefficient (Wildman–Crippen LogP) is 2.87. The van der Waals surface area contributed by atoms with E-state index in [9.17, 15) is 27.2 Å². The number of rotatable bonds is 4. The van der Waals surface area contributed by atoms with Crippen molar-refractivity contribution in [2.75, 3.05) is 0 Å². The zero-order valence-electron chi connectivity index (χ0n) is 13.1. The van der Waals surface area contributed by atoms with Gasteiger partial charge < -0.3 is 10.1 Å². The first-order valence-electron chi connectivity index (χ1n) is 7.18. The van der Waals surface area contributed by atoms with Gasteiger partial charge in [-0.3, -0.25) is 10.2 Å². The molecular formula is C16H13F4N3O3. The van der Waals surface area contributed by atoms with Crippen LogP contribution in [0.5, 0.6) is 5.75 Å². The topological polar surface area (TPSA) is 79.5 Å². The minimum absolute atomic E-state index is 0.0878. The Morgan fingerprint density at radius 1 is 0.962 bits per heavy atom. The zero-order valence-corrected chi connectivity index (χ0v) is 13.1. The first-order valence-corrected chi connectivity index (χ1v) is 7.18. The van der Waals surface area contributed by atoms with Gasteiger partial charge in [0.15, 0.2) is 0 Å². The van der Waals surface area contributed by atoms with Crippen LogP contribution in [0, 0.1) is 5.82 Å². The molecule has 0 radical (unpaired) electrons. The van der Waals surface area contributed by atoms with Gasteiger partial charge in [0.1, 0.15) is 11.6 Å². The highest BCUT2D eigenvalue weighted by Gasteiger charge is 2.31. The summed E-state index contributed by atoms with van der Waals surface area (Å²) in [4.78, 5) is 23.4. The molecule has 10 heteroatoms. The molecular weight excluding hydrogens is 358 g/mol. The lowest BCUT2D eigenvalue weighted by atomic mass is 10.2. The number of urea groups is 1. The third-order valence-corrected chi connectivity index (χ3v) is 3.03. The minimum atomic E-state index is -4.86. The highest BCUT2D eigenvalue weighted by molar-refractivity contribution is 5.95. The van der Waals surface area contributed by atoms with Gasteiger partial charge in [-0.2, -0.15) is 0 Å². The standard InChI is InChI=1S/C16H13F4N3O3/c17-12-7-5-10(6-8-12)14(24)22-23-15(25)21-9-11-3-1-2-4-13(11)26-16(18,19)20/h1-8H,9H2,(H,22,24)(H2,21,23,25). The van der Waals surface area contributed by atoms with E-state index in [-0.39, 0.29) is 17.7 Å². The molecule has 0 heterocycles. The molecule has 2 aromatic carbocycles. The van der Waals surface area contributed by atoms with Gasteiger partial charge in [-0.25, -0.2) is 14.6 Å². The van der Waals surface area contributed by atoms with Gasteiger partial charge in [0.05, 0.1) is 0 Å². The van der Waals surface area contributed by atoms with E-state index >= 15 is 0 Å². The van der Waals surface area contributed by atoms with Crippen molar-refractivity contribution < 1.29 is 31.9 Å². The molecule has 0 spiro atoms. The Kier molecular flexibility index (Phi) is 5.99. The number of benzene rings is 2. The lowest BCUT2D eigenvalue weighted by molar-refractivity contribution is -0.274. The molecule has 0 atom stereocenters. The van der Waals surface area contributed by atoms with Gasteiger partial charge in [-0.1, -0.05) is 18.2 Å². The van der Waals surface area contributed by atoms with Gasteiger partial charge in [-0.15, -0.1) is 13.2 Å². The minimum Gasteiger partial charge on any atom is -0.405 e. The van der Waals surface area contributed by atoms with E-state index in [0.29, 0.717) is 0 Å². The maximum Gasteiger partial charge on any atom is 0.573 e. The van der Waals surface area contributed by atoms with Gasteiger partial charge in [-0.05, 0) is 30.3 Å². The summed E-state index contributed by atoms with van der Waals surface area (Å²) in [7, 11) is 0. The summed E-state index contributed by atoms with van der Waals surface area (Å²) >= 11 is 0. The molecule has 0 fully saturated rings. The second-order valence-electron chi connectivity index (χ2n) is 4.92. The fourth-order valence-corrected chi connectivity index (χ4v) is 1.88. The van der Waals surface area contributed by atoms with Gasteiger partial charge >= 0.3 is 12.4 Å². The summed E-state index contributed by atoms with van der Waals surface area (Å²) in [6.45, 7) is -0.273. The maximum absolute atomic E-state index is 12.8. The van der Waals surface area contributed by atoms with Crippen LogP contribution in [0.2, 0.25) is 0 Å². The number of alkyl halides is 3. The molecule has 0 saturated heterocycles. The van der Waals surface area contributed by atoms with Gasteiger partial charge in [0.2, 0.25) is 0 Å². The van der Waals surface area contributed by atoms with E-state index in [0.717, 1.165) is 18.2 Å². The predicted molar refractivity (Wildman–Crippen MR) is 82.4 cm³/mol. The van der Waals surface area contributed by atoms with Crippen molar-refractivity contribution in [2.45, 2.75) is 12.9 Å². The second-order valence-corrected chi connectivity index (χ2v) is 4.92. The summed E-state index contributed by atoms with van der Waals surface area (Å²) in [6, 6.07) is 9.02. The number of nitrogens with one attached hydrogen (secondary N) is 3. The van der Waals surface area contributed by atoms with E-state index in [4.69, 9.17) is 0 Å². The Morgan fingerprint density at radius 3 is 2.27 bits per heavy atom. The van der Waals surface area contributed by atoms with Crippen LogP contribution in [0.4, 0.5) is 22.4 Å². The first-order chi connectivity index (χ1) is 12.2. The number of amides is 3. The van der Waals surface area contributed by atoms with Crippen molar-refractivity contribution >= 4 is 11.9 Å². The van der Waals surface area contributed by atoms with Gasteiger partial charge in [0, 0.05) is 17.7 Å². The van der Waals surface area contributed by atoms with Crippen LogP contribution in [0.3, 0.4) is 0 Å². The molecule has 0 aliphatic rings. The highest BCUT2D eigenvalue weighted by atomic mass is 19.4. The van der Waals surface area contributed by atoms with Crippen LogP contribution in [0.15, 0.2) is 48.5 Å². The van der Waals surface area contributed by atoms with Crippen LogP contribution in [-0.4, -0.2) is 18.3 Å². The largest absolute Gasteiger partial charge is 0.573 e. The van der Waals surface area contributed by atoms with Crippen molar-refractivity contribution in [1.82, 2.24) is 16.2 Å². The van der Waals surface area contributed by atoms with E-state index < -0.39 is 29.9 Å². The van der Waals surface area contributed by atoms with Crippen molar-refractivity contribution in [3.05, 3.63) is 65.5 Å². The van der Waals surface area contributed by atoms with Crippen molar-refractivity contribution in [3.8, 4) is 5.75 Å². The van der Waals surface area contributed by atoms with Crippen molar-refractivity contribution in [1.29, 1.82) is 0 Å². The highest BCUT2D eigenvalue weighted by Crippen LogP contribution is 2.25. The van der Waals surface area contributed by atoms with E-state index in [2.05, 4.69) is 15.5 Å². The number of halogens is 4. The fourth-order valence-electron chi connectivity index (χ4n) is 1.88. The van der Waals surface area contributed by atoms with Gasteiger partial charge in [0.25, 0.3) is 5.91 Å². The lowest BCUT2D eigenvalue weighted by Gasteiger charge is -2.14. The summed E-state index contributed by atoms with van der Waals surface area (Å²) in [5.74, 6) is -1.66. The Morgan fingerprint density at radius 2 is 1.62 bits per heavy atom. The summed E-state index contributed by atoms with van der Waals surface area (Å²) in [6.07, 6.45) is -4.86. The average Bonchev–Trinajstić information content (AvgIpc) is 2.58. The molecule has 0 bridgehead atoms. The molecule has 3 amide bonds. The number of ether oxygens (including phenoxy) is 1. The Balaban J connectivity index is 1.85. The maximum atomic E-state index is 12.8. The molecule has 0 aliphatic heterocycles. The van der Waals surface area contributed by atoms with Crippen LogP contribution < -0.4 is 20.9 Å². The SMILES string of the molecule is O=C(NCc1ccccc1OC(F)(F)F)NNC(=O)c1ccc(F)cc1. The molecule has 138 valence electrons. The molecule has 2 rings (SSSR count). The molecule has 0 aromatic heterocycles. The third-order valence-electron chi connectivity index (χ3n) is 3.03. The van der Waals surface area contributed by atoms with Crippen molar-refractivity contribution in [3.63, 3.8) is 0 Å². The van der Waals surface area contributed by atoms with E-state index in [1.165, 1.54) is 30.3 Å². The third kappa shape index (κ3) is 5.96. The molecule has 3 N–H and O–H groups in total.